The van der Waals surface area contributed by atoms with E-state index in [0.717, 1.165) is 47.6 Å². The largest absolute Gasteiger partial charge is 0.313 e. The summed E-state index contributed by atoms with van der Waals surface area (Å²) in [5.74, 6) is -0.292. The zero-order valence-corrected chi connectivity index (χ0v) is 18.1. The summed E-state index contributed by atoms with van der Waals surface area (Å²) >= 11 is 0. The molecule has 4 aromatic rings. The highest BCUT2D eigenvalue weighted by Crippen LogP contribution is 2.28. The number of hydrogen-bond acceptors (Lipinski definition) is 5. The maximum Gasteiger partial charge on any atom is 0.156 e. The molecule has 1 aliphatic heterocycles. The smallest absolute Gasteiger partial charge is 0.156 e. The Hall–Kier alpha value is -2.61. The van der Waals surface area contributed by atoms with Gasteiger partial charge in [-0.05, 0) is 67.8 Å². The normalized spacial score (nSPS) is 13.6. The molecule has 156 valence electrons. The lowest BCUT2D eigenvalue weighted by molar-refractivity contribution is 0.638. The van der Waals surface area contributed by atoms with Crippen LogP contribution in [0.2, 0.25) is 0 Å². The molecule has 30 heavy (non-hydrogen) atoms. The zero-order valence-electron chi connectivity index (χ0n) is 16.5. The third kappa shape index (κ3) is 3.88. The SMILES string of the molecule is Cc1cn2nc(-c3cc4c(F)cc(C5=CCNCC5)cc4nn3)cc(C)c2n1.Cl.Cl. The number of fused-ring (bicyclic) bond motifs is 2. The van der Waals surface area contributed by atoms with E-state index in [1.165, 1.54) is 0 Å². The topological polar surface area (TPSA) is 68.0 Å². The first-order chi connectivity index (χ1) is 13.6. The monoisotopic (exact) mass is 446 g/mol. The molecule has 0 bridgehead atoms. The second-order valence-electron chi connectivity index (χ2n) is 7.17. The molecule has 1 aliphatic rings. The molecule has 0 spiro atoms. The number of benzene rings is 1. The molecule has 0 unspecified atom stereocenters. The summed E-state index contributed by atoms with van der Waals surface area (Å²) in [4.78, 5) is 4.46. The fraction of sp³-hybridized carbons (Fsp3) is 0.238. The Bertz CT molecular complexity index is 1270. The van der Waals surface area contributed by atoms with Crippen LogP contribution in [-0.4, -0.2) is 37.9 Å². The Balaban J connectivity index is 0.00000128. The molecule has 0 fully saturated rings. The van der Waals surface area contributed by atoms with Gasteiger partial charge in [0.1, 0.15) is 17.2 Å². The molecule has 0 radical (unpaired) electrons. The number of nitrogens with one attached hydrogen (secondary N) is 1. The van der Waals surface area contributed by atoms with Crippen LogP contribution in [-0.2, 0) is 0 Å². The van der Waals surface area contributed by atoms with Crippen LogP contribution in [0.15, 0.2) is 36.5 Å². The van der Waals surface area contributed by atoms with Crippen molar-refractivity contribution in [1.29, 1.82) is 0 Å². The number of imidazole rings is 1. The first kappa shape index (κ1) is 22.1. The van der Waals surface area contributed by atoms with Gasteiger partial charge in [-0.2, -0.15) is 5.10 Å². The maximum atomic E-state index is 14.9. The van der Waals surface area contributed by atoms with Crippen LogP contribution in [0.3, 0.4) is 0 Å². The van der Waals surface area contributed by atoms with Crippen molar-refractivity contribution in [2.45, 2.75) is 20.3 Å². The van der Waals surface area contributed by atoms with Crippen LogP contribution in [0.1, 0.15) is 23.2 Å². The summed E-state index contributed by atoms with van der Waals surface area (Å²) in [7, 11) is 0. The van der Waals surface area contributed by atoms with Crippen molar-refractivity contribution < 1.29 is 4.39 Å². The van der Waals surface area contributed by atoms with E-state index in [9.17, 15) is 4.39 Å². The number of nitrogens with zero attached hydrogens (tertiary/aromatic N) is 5. The fourth-order valence-electron chi connectivity index (χ4n) is 3.67. The van der Waals surface area contributed by atoms with Crippen LogP contribution in [0.25, 0.3) is 33.5 Å². The molecule has 3 aromatic heterocycles. The van der Waals surface area contributed by atoms with Crippen molar-refractivity contribution in [3.63, 3.8) is 0 Å². The molecule has 0 amide bonds. The zero-order chi connectivity index (χ0) is 19.3. The van der Waals surface area contributed by atoms with Crippen LogP contribution >= 0.6 is 24.8 Å². The molecule has 0 atom stereocenters. The Morgan fingerprint density at radius 2 is 1.87 bits per heavy atom. The number of halogens is 3. The molecular formula is C21H21Cl2FN6. The number of aryl methyl sites for hydroxylation is 2. The average molecular weight is 447 g/mol. The summed E-state index contributed by atoms with van der Waals surface area (Å²) in [5, 5.41) is 16.9. The Morgan fingerprint density at radius 3 is 2.63 bits per heavy atom. The minimum absolute atomic E-state index is 0. The van der Waals surface area contributed by atoms with Gasteiger partial charge in [-0.3, -0.25) is 0 Å². The van der Waals surface area contributed by atoms with Crippen molar-refractivity contribution in [1.82, 2.24) is 30.1 Å². The molecule has 9 heteroatoms. The van der Waals surface area contributed by atoms with Crippen LogP contribution in [0.4, 0.5) is 4.39 Å². The van der Waals surface area contributed by atoms with Gasteiger partial charge in [0.05, 0.1) is 17.4 Å². The second-order valence-corrected chi connectivity index (χ2v) is 7.17. The van der Waals surface area contributed by atoms with E-state index in [-0.39, 0.29) is 30.6 Å². The van der Waals surface area contributed by atoms with Crippen molar-refractivity contribution in [2.24, 2.45) is 0 Å². The standard InChI is InChI=1S/C21H19FN6.2ClH/c1-12-7-20(27-28-11-13(2)24-21(12)28)19-10-16-17(22)8-15(9-18(16)25-26-19)14-3-5-23-6-4-14;;/h3,7-11,23H,4-6H2,1-2H3;2*1H. The summed E-state index contributed by atoms with van der Waals surface area (Å²) < 4.78 is 16.6. The minimum atomic E-state index is -0.292. The van der Waals surface area contributed by atoms with Gasteiger partial charge in [-0.25, -0.2) is 13.9 Å². The Morgan fingerprint density at radius 1 is 1.03 bits per heavy atom. The third-order valence-corrected chi connectivity index (χ3v) is 5.08. The predicted molar refractivity (Wildman–Crippen MR) is 121 cm³/mol. The molecule has 0 saturated heterocycles. The first-order valence-corrected chi connectivity index (χ1v) is 9.29. The number of aromatic nitrogens is 5. The summed E-state index contributed by atoms with van der Waals surface area (Å²) in [5.41, 5.74) is 6.42. The molecule has 0 aliphatic carbocycles. The maximum absolute atomic E-state index is 14.9. The highest BCUT2D eigenvalue weighted by molar-refractivity contribution is 5.86. The average Bonchev–Trinajstić information content (AvgIpc) is 3.09. The van der Waals surface area contributed by atoms with E-state index in [4.69, 9.17) is 0 Å². The quantitative estimate of drug-likeness (QED) is 0.496. The van der Waals surface area contributed by atoms with Crippen LogP contribution < -0.4 is 5.32 Å². The van der Waals surface area contributed by atoms with Crippen molar-refractivity contribution >= 4 is 46.9 Å². The lowest BCUT2D eigenvalue weighted by Crippen LogP contribution is -2.20. The van der Waals surface area contributed by atoms with E-state index >= 15 is 0 Å². The van der Waals surface area contributed by atoms with E-state index < -0.39 is 0 Å². The second kappa shape index (κ2) is 8.63. The number of rotatable bonds is 2. The van der Waals surface area contributed by atoms with Gasteiger partial charge >= 0.3 is 0 Å². The summed E-state index contributed by atoms with van der Waals surface area (Å²) in [6.07, 6.45) is 4.84. The van der Waals surface area contributed by atoms with Crippen molar-refractivity contribution in [3.05, 3.63) is 59.2 Å². The summed E-state index contributed by atoms with van der Waals surface area (Å²) in [6.45, 7) is 5.60. The Labute approximate surface area is 185 Å². The van der Waals surface area contributed by atoms with Gasteiger partial charge in [0.25, 0.3) is 0 Å². The third-order valence-electron chi connectivity index (χ3n) is 5.08. The van der Waals surface area contributed by atoms with Gasteiger partial charge in [0, 0.05) is 11.9 Å². The minimum Gasteiger partial charge on any atom is -0.313 e. The van der Waals surface area contributed by atoms with Crippen molar-refractivity contribution in [3.8, 4) is 11.4 Å². The van der Waals surface area contributed by atoms with Gasteiger partial charge < -0.3 is 5.32 Å². The van der Waals surface area contributed by atoms with Crippen LogP contribution in [0, 0.1) is 19.7 Å². The van der Waals surface area contributed by atoms with E-state index in [2.05, 4.69) is 31.7 Å². The lowest BCUT2D eigenvalue weighted by atomic mass is 9.98. The molecule has 6 nitrogen and oxygen atoms in total. The van der Waals surface area contributed by atoms with Gasteiger partial charge in [0.15, 0.2) is 5.65 Å². The first-order valence-electron chi connectivity index (χ1n) is 9.29. The molecule has 1 N–H and O–H groups in total. The molecular weight excluding hydrogens is 426 g/mol. The molecule has 1 aromatic carbocycles. The van der Waals surface area contributed by atoms with Crippen LogP contribution in [0.5, 0.6) is 0 Å². The Kier molecular flexibility index (Phi) is 6.36. The predicted octanol–water partition coefficient (Wildman–Crippen LogP) is 4.32. The molecule has 0 saturated carbocycles. The highest BCUT2D eigenvalue weighted by Gasteiger charge is 2.14. The molecule has 5 rings (SSSR count). The molecule has 4 heterocycles. The number of hydrogen-bond donors (Lipinski definition) is 1. The van der Waals surface area contributed by atoms with Gasteiger partial charge in [0.2, 0.25) is 0 Å². The summed E-state index contributed by atoms with van der Waals surface area (Å²) in [6, 6.07) is 7.12. The van der Waals surface area contributed by atoms with Gasteiger partial charge in [-0.15, -0.1) is 35.0 Å². The highest BCUT2D eigenvalue weighted by atomic mass is 35.5. The van der Waals surface area contributed by atoms with Crippen molar-refractivity contribution in [2.75, 3.05) is 13.1 Å². The van der Waals surface area contributed by atoms with Gasteiger partial charge in [-0.1, -0.05) is 6.08 Å². The van der Waals surface area contributed by atoms with E-state index in [0.29, 0.717) is 22.3 Å². The fourth-order valence-corrected chi connectivity index (χ4v) is 3.67. The van der Waals surface area contributed by atoms with E-state index in [1.807, 2.05) is 32.2 Å². The van der Waals surface area contributed by atoms with E-state index in [1.54, 1.807) is 16.6 Å². The lowest BCUT2D eigenvalue weighted by Gasteiger charge is -2.15.